The van der Waals surface area contributed by atoms with Crippen LogP contribution in [-0.4, -0.2) is 43.6 Å². The molecule has 1 rings (SSSR count). The number of nitro benzene ring substituents is 1. The highest BCUT2D eigenvalue weighted by Crippen LogP contribution is 2.20. The quantitative estimate of drug-likeness (QED) is 0.154. The summed E-state index contributed by atoms with van der Waals surface area (Å²) < 4.78 is 14.1. The van der Waals surface area contributed by atoms with Crippen LogP contribution in [0.3, 0.4) is 0 Å². The Morgan fingerprint density at radius 2 is 1.78 bits per heavy atom. The second kappa shape index (κ2) is 8.56. The SMILES string of the molecule is COC(=O)C(N=Nc1ccc([N+](=O)[O-])cc1)=C(O)C(OC)OC. The lowest BCUT2D eigenvalue weighted by molar-refractivity contribution is -0.384. The van der Waals surface area contributed by atoms with Gasteiger partial charge in [0.15, 0.2) is 5.76 Å². The van der Waals surface area contributed by atoms with Crippen LogP contribution in [0, 0.1) is 10.1 Å². The van der Waals surface area contributed by atoms with Gasteiger partial charge in [-0.1, -0.05) is 0 Å². The van der Waals surface area contributed by atoms with E-state index < -0.39 is 28.6 Å². The summed E-state index contributed by atoms with van der Waals surface area (Å²) in [4.78, 5) is 21.7. The average Bonchev–Trinajstić information content (AvgIpc) is 2.56. The van der Waals surface area contributed by atoms with E-state index in [2.05, 4.69) is 15.0 Å². The van der Waals surface area contributed by atoms with Crippen molar-refractivity contribution in [1.29, 1.82) is 0 Å². The van der Waals surface area contributed by atoms with Crippen LogP contribution in [0.2, 0.25) is 0 Å². The van der Waals surface area contributed by atoms with Crippen molar-refractivity contribution < 1.29 is 29.0 Å². The van der Waals surface area contributed by atoms with Crippen LogP contribution in [-0.2, 0) is 19.0 Å². The Morgan fingerprint density at radius 3 is 2.22 bits per heavy atom. The van der Waals surface area contributed by atoms with Gasteiger partial charge >= 0.3 is 5.97 Å². The molecule has 0 saturated carbocycles. The fraction of sp³-hybridized carbons (Fsp3) is 0.308. The third-order valence-electron chi connectivity index (χ3n) is 2.60. The first kappa shape index (κ1) is 18.2. The van der Waals surface area contributed by atoms with Crippen LogP contribution >= 0.6 is 0 Å². The molecule has 0 aliphatic carbocycles. The minimum absolute atomic E-state index is 0.116. The number of hydrogen-bond donors (Lipinski definition) is 1. The number of rotatable bonds is 7. The predicted octanol–water partition coefficient (Wildman–Crippen LogP) is 2.24. The van der Waals surface area contributed by atoms with E-state index in [0.29, 0.717) is 0 Å². The van der Waals surface area contributed by atoms with Crippen LogP contribution < -0.4 is 0 Å². The van der Waals surface area contributed by atoms with Gasteiger partial charge in [0.2, 0.25) is 12.0 Å². The van der Waals surface area contributed by atoms with E-state index in [4.69, 9.17) is 9.47 Å². The number of non-ortho nitro benzene ring substituents is 1. The van der Waals surface area contributed by atoms with Gasteiger partial charge in [0.05, 0.1) is 17.7 Å². The number of carbonyl (C=O) groups is 1. The fourth-order valence-corrected chi connectivity index (χ4v) is 1.47. The zero-order valence-electron chi connectivity index (χ0n) is 12.6. The summed E-state index contributed by atoms with van der Waals surface area (Å²) >= 11 is 0. The normalized spacial score (nSPS) is 12.3. The summed E-state index contributed by atoms with van der Waals surface area (Å²) in [6.07, 6.45) is -1.22. The van der Waals surface area contributed by atoms with Crippen molar-refractivity contribution in [2.75, 3.05) is 21.3 Å². The largest absolute Gasteiger partial charge is 0.505 e. The van der Waals surface area contributed by atoms with Crippen LogP contribution in [0.5, 0.6) is 0 Å². The standard InChI is InChI=1S/C13H15N3O7/c1-21-12(18)10(11(17)13(22-2)23-3)15-14-8-4-6-9(7-5-8)16(19)20/h4-7,13,17H,1-3H3. The lowest BCUT2D eigenvalue weighted by Gasteiger charge is -2.13. The van der Waals surface area contributed by atoms with Crippen LogP contribution in [0.4, 0.5) is 11.4 Å². The minimum Gasteiger partial charge on any atom is -0.505 e. The van der Waals surface area contributed by atoms with Gasteiger partial charge < -0.3 is 19.3 Å². The molecule has 0 radical (unpaired) electrons. The summed E-state index contributed by atoms with van der Waals surface area (Å²) in [5.74, 6) is -1.57. The molecular weight excluding hydrogens is 310 g/mol. The molecule has 10 nitrogen and oxygen atoms in total. The van der Waals surface area contributed by atoms with Crippen molar-refractivity contribution in [3.05, 3.63) is 45.8 Å². The van der Waals surface area contributed by atoms with Crippen molar-refractivity contribution in [2.24, 2.45) is 10.2 Å². The highest BCUT2D eigenvalue weighted by atomic mass is 16.7. The molecule has 10 heteroatoms. The number of nitrogens with zero attached hydrogens (tertiary/aromatic N) is 3. The van der Waals surface area contributed by atoms with Crippen molar-refractivity contribution >= 4 is 17.3 Å². The van der Waals surface area contributed by atoms with E-state index in [1.807, 2.05) is 0 Å². The third-order valence-corrected chi connectivity index (χ3v) is 2.60. The number of nitro groups is 1. The topological polar surface area (TPSA) is 133 Å². The monoisotopic (exact) mass is 325 g/mol. The first-order chi connectivity index (χ1) is 10.9. The first-order valence-corrected chi connectivity index (χ1v) is 6.17. The lowest BCUT2D eigenvalue weighted by Crippen LogP contribution is -2.20. The Kier molecular flexibility index (Phi) is 6.77. The van der Waals surface area contributed by atoms with Crippen LogP contribution in [0.1, 0.15) is 0 Å². The smallest absolute Gasteiger partial charge is 0.362 e. The zero-order chi connectivity index (χ0) is 17.4. The molecule has 0 aliphatic heterocycles. The molecule has 23 heavy (non-hydrogen) atoms. The summed E-state index contributed by atoms with van der Waals surface area (Å²) in [7, 11) is 3.62. The maximum Gasteiger partial charge on any atom is 0.362 e. The lowest BCUT2D eigenvalue weighted by atomic mass is 10.3. The molecular formula is C13H15N3O7. The van der Waals surface area contributed by atoms with E-state index in [-0.39, 0.29) is 11.4 Å². The molecule has 0 aliphatic rings. The molecule has 1 aromatic rings. The van der Waals surface area contributed by atoms with Gasteiger partial charge in [0.25, 0.3) is 5.69 Å². The highest BCUT2D eigenvalue weighted by Gasteiger charge is 2.23. The maximum atomic E-state index is 11.7. The molecule has 0 aromatic heterocycles. The maximum absolute atomic E-state index is 11.7. The molecule has 0 fully saturated rings. The van der Waals surface area contributed by atoms with Crippen molar-refractivity contribution in [3.8, 4) is 0 Å². The van der Waals surface area contributed by atoms with E-state index in [1.165, 1.54) is 38.5 Å². The van der Waals surface area contributed by atoms with Crippen LogP contribution in [0.15, 0.2) is 46.0 Å². The van der Waals surface area contributed by atoms with Crippen molar-refractivity contribution in [1.82, 2.24) is 0 Å². The van der Waals surface area contributed by atoms with Gasteiger partial charge in [-0.2, -0.15) is 5.11 Å². The number of aliphatic hydroxyl groups is 1. The second-order valence-electron chi connectivity index (χ2n) is 4.00. The van der Waals surface area contributed by atoms with Crippen LogP contribution in [0.25, 0.3) is 0 Å². The Balaban J connectivity index is 3.12. The average molecular weight is 325 g/mol. The molecule has 0 saturated heterocycles. The van der Waals surface area contributed by atoms with E-state index >= 15 is 0 Å². The van der Waals surface area contributed by atoms with Gasteiger partial charge in [-0.15, -0.1) is 5.11 Å². The number of ether oxygens (including phenoxy) is 3. The third kappa shape index (κ3) is 4.83. The molecule has 1 N–H and O–H groups in total. The summed E-state index contributed by atoms with van der Waals surface area (Å²) in [6.45, 7) is 0. The first-order valence-electron chi connectivity index (χ1n) is 6.17. The summed E-state index contributed by atoms with van der Waals surface area (Å²) in [5.41, 5.74) is -0.398. The number of benzene rings is 1. The summed E-state index contributed by atoms with van der Waals surface area (Å²) in [6, 6.07) is 5.11. The van der Waals surface area contributed by atoms with Gasteiger partial charge in [0, 0.05) is 26.4 Å². The van der Waals surface area contributed by atoms with Crippen molar-refractivity contribution in [3.63, 3.8) is 0 Å². The molecule has 0 atom stereocenters. The summed E-state index contributed by atoms with van der Waals surface area (Å²) in [5, 5.41) is 27.8. The predicted molar refractivity (Wildman–Crippen MR) is 77.1 cm³/mol. The number of aliphatic hydroxyl groups excluding tert-OH is 1. The fourth-order valence-electron chi connectivity index (χ4n) is 1.47. The highest BCUT2D eigenvalue weighted by molar-refractivity contribution is 5.88. The Hall–Kier alpha value is -2.85. The molecule has 0 heterocycles. The van der Waals surface area contributed by atoms with Gasteiger partial charge in [-0.05, 0) is 12.1 Å². The van der Waals surface area contributed by atoms with Gasteiger partial charge in [-0.3, -0.25) is 10.1 Å². The van der Waals surface area contributed by atoms with E-state index in [0.717, 1.165) is 7.11 Å². The number of esters is 1. The minimum atomic E-state index is -1.22. The molecule has 124 valence electrons. The van der Waals surface area contributed by atoms with E-state index in [1.54, 1.807) is 0 Å². The number of methoxy groups -OCH3 is 3. The Labute approximate surface area is 131 Å². The molecule has 0 amide bonds. The van der Waals surface area contributed by atoms with Crippen molar-refractivity contribution in [2.45, 2.75) is 6.29 Å². The number of azo groups is 1. The van der Waals surface area contributed by atoms with Gasteiger partial charge in [-0.25, -0.2) is 4.79 Å². The molecule has 0 bridgehead atoms. The number of carbonyl (C=O) groups excluding carboxylic acids is 1. The zero-order valence-corrected chi connectivity index (χ0v) is 12.6. The molecule has 1 aromatic carbocycles. The Morgan fingerprint density at radius 1 is 1.22 bits per heavy atom. The van der Waals surface area contributed by atoms with Gasteiger partial charge in [0.1, 0.15) is 0 Å². The number of hydrogen-bond acceptors (Lipinski definition) is 9. The Bertz CT molecular complexity index is 621. The molecule has 0 spiro atoms. The second-order valence-corrected chi connectivity index (χ2v) is 4.00. The van der Waals surface area contributed by atoms with E-state index in [9.17, 15) is 20.0 Å². The molecule has 0 unspecified atom stereocenters.